The third kappa shape index (κ3) is 4.16. The maximum absolute atomic E-state index is 12.8. The fraction of sp³-hybridized carbons (Fsp3) is 0.438. The van der Waals surface area contributed by atoms with Crippen molar-refractivity contribution in [2.24, 2.45) is 5.73 Å². The Hall–Kier alpha value is -2.13. The van der Waals surface area contributed by atoms with Crippen molar-refractivity contribution in [2.75, 3.05) is 6.54 Å². The standard InChI is InChI=1S/C16H18F3N5O.ClH/c17-16(18,19)11-4-3-5-12(8-11)24-9-13(22-23-24)14(25)21-15(10-20)6-1-2-7-15;/h3-5,8-9H,1-2,6-7,10,20H2,(H,21,25);1H. The molecule has 6 nitrogen and oxygen atoms in total. The highest BCUT2D eigenvalue weighted by atomic mass is 35.5. The van der Waals surface area contributed by atoms with Crippen molar-refractivity contribution in [3.8, 4) is 5.69 Å². The van der Waals surface area contributed by atoms with Gasteiger partial charge in [0.1, 0.15) is 0 Å². The van der Waals surface area contributed by atoms with E-state index in [0.717, 1.165) is 42.5 Å². The van der Waals surface area contributed by atoms with Crippen LogP contribution in [-0.4, -0.2) is 33.0 Å². The molecule has 0 aliphatic heterocycles. The maximum Gasteiger partial charge on any atom is 0.416 e. The lowest BCUT2D eigenvalue weighted by Gasteiger charge is -2.28. The van der Waals surface area contributed by atoms with E-state index in [1.165, 1.54) is 18.3 Å². The van der Waals surface area contributed by atoms with Gasteiger partial charge in [0.15, 0.2) is 5.69 Å². The number of nitrogens with two attached hydrogens (primary N) is 1. The number of carbonyl (C=O) groups excluding carboxylic acids is 1. The highest BCUT2D eigenvalue weighted by Gasteiger charge is 2.35. The molecule has 0 unspecified atom stereocenters. The van der Waals surface area contributed by atoms with Gasteiger partial charge in [-0.15, -0.1) is 17.5 Å². The van der Waals surface area contributed by atoms with Crippen LogP contribution in [0.25, 0.3) is 5.69 Å². The van der Waals surface area contributed by atoms with Crippen molar-refractivity contribution in [3.63, 3.8) is 0 Å². The molecule has 1 aromatic heterocycles. The van der Waals surface area contributed by atoms with Gasteiger partial charge < -0.3 is 11.1 Å². The predicted molar refractivity (Wildman–Crippen MR) is 91.3 cm³/mol. The van der Waals surface area contributed by atoms with Crippen molar-refractivity contribution in [1.82, 2.24) is 20.3 Å². The van der Waals surface area contributed by atoms with Gasteiger partial charge in [-0.25, -0.2) is 4.68 Å². The van der Waals surface area contributed by atoms with E-state index in [4.69, 9.17) is 5.73 Å². The molecule has 1 aliphatic carbocycles. The van der Waals surface area contributed by atoms with E-state index in [0.29, 0.717) is 6.54 Å². The van der Waals surface area contributed by atoms with E-state index >= 15 is 0 Å². The number of hydrogen-bond donors (Lipinski definition) is 2. The van der Waals surface area contributed by atoms with E-state index in [9.17, 15) is 18.0 Å². The summed E-state index contributed by atoms with van der Waals surface area (Å²) in [6, 6.07) is 4.67. The second-order valence-corrected chi connectivity index (χ2v) is 6.24. The SMILES string of the molecule is Cl.NCC1(NC(=O)c2cn(-c3cccc(C(F)(F)F)c3)nn2)CCCC1. The van der Waals surface area contributed by atoms with Crippen LogP contribution in [0, 0.1) is 0 Å². The first-order chi connectivity index (χ1) is 11.8. The number of rotatable bonds is 4. The third-order valence-corrected chi connectivity index (χ3v) is 4.49. The van der Waals surface area contributed by atoms with Crippen LogP contribution in [0.3, 0.4) is 0 Å². The number of alkyl halides is 3. The molecule has 1 fully saturated rings. The van der Waals surface area contributed by atoms with E-state index < -0.39 is 23.2 Å². The lowest BCUT2D eigenvalue weighted by Crippen LogP contribution is -2.51. The summed E-state index contributed by atoms with van der Waals surface area (Å²) in [5.74, 6) is -0.425. The molecule has 1 amide bonds. The first kappa shape index (κ1) is 20.2. The minimum absolute atomic E-state index is 0. The monoisotopic (exact) mass is 389 g/mol. The van der Waals surface area contributed by atoms with Gasteiger partial charge in [-0.2, -0.15) is 13.2 Å². The molecule has 0 saturated heterocycles. The summed E-state index contributed by atoms with van der Waals surface area (Å²) in [7, 11) is 0. The summed E-state index contributed by atoms with van der Waals surface area (Å²) in [4.78, 5) is 12.4. The Kier molecular flexibility index (Phi) is 5.92. The Bertz CT molecular complexity index is 771. The molecule has 0 atom stereocenters. The van der Waals surface area contributed by atoms with Gasteiger partial charge in [0.25, 0.3) is 5.91 Å². The highest BCUT2D eigenvalue weighted by Crippen LogP contribution is 2.30. The van der Waals surface area contributed by atoms with Crippen molar-refractivity contribution in [3.05, 3.63) is 41.7 Å². The van der Waals surface area contributed by atoms with Crippen molar-refractivity contribution >= 4 is 18.3 Å². The summed E-state index contributed by atoms with van der Waals surface area (Å²) < 4.78 is 39.6. The molecule has 142 valence electrons. The molecule has 26 heavy (non-hydrogen) atoms. The third-order valence-electron chi connectivity index (χ3n) is 4.49. The summed E-state index contributed by atoms with van der Waals surface area (Å²) in [6.45, 7) is 0.334. The minimum atomic E-state index is -4.45. The highest BCUT2D eigenvalue weighted by molar-refractivity contribution is 5.92. The molecule has 3 rings (SSSR count). The number of halogens is 4. The second-order valence-electron chi connectivity index (χ2n) is 6.24. The molecule has 0 bridgehead atoms. The first-order valence-corrected chi connectivity index (χ1v) is 7.96. The summed E-state index contributed by atoms with van der Waals surface area (Å²) in [5, 5.41) is 10.4. The van der Waals surface area contributed by atoms with Gasteiger partial charge in [0.05, 0.1) is 23.0 Å². The molecule has 10 heteroatoms. The van der Waals surface area contributed by atoms with Crippen LogP contribution in [0.1, 0.15) is 41.7 Å². The summed E-state index contributed by atoms with van der Waals surface area (Å²) in [6.07, 6.45) is 0.452. The fourth-order valence-electron chi connectivity index (χ4n) is 3.06. The number of benzene rings is 1. The van der Waals surface area contributed by atoms with Gasteiger partial charge in [-0.3, -0.25) is 4.79 Å². The Morgan fingerprint density at radius 3 is 2.62 bits per heavy atom. The second kappa shape index (κ2) is 7.63. The molecule has 1 aromatic carbocycles. The van der Waals surface area contributed by atoms with E-state index in [2.05, 4.69) is 15.6 Å². The Balaban J connectivity index is 0.00000243. The zero-order valence-corrected chi connectivity index (χ0v) is 14.6. The number of hydrogen-bond acceptors (Lipinski definition) is 4. The van der Waals surface area contributed by atoms with E-state index in [1.54, 1.807) is 0 Å². The number of aromatic nitrogens is 3. The Morgan fingerprint density at radius 2 is 2.00 bits per heavy atom. The molecule has 1 saturated carbocycles. The van der Waals surface area contributed by atoms with Gasteiger partial charge in [-0.05, 0) is 31.0 Å². The molecule has 1 aliphatic rings. The number of amides is 1. The number of nitrogens with one attached hydrogen (secondary N) is 1. The lowest BCUT2D eigenvalue weighted by atomic mass is 9.98. The van der Waals surface area contributed by atoms with Crippen molar-refractivity contribution in [2.45, 2.75) is 37.4 Å². The van der Waals surface area contributed by atoms with E-state index in [1.807, 2.05) is 0 Å². The largest absolute Gasteiger partial charge is 0.416 e. The molecule has 1 heterocycles. The number of carbonyl (C=O) groups is 1. The summed E-state index contributed by atoms with van der Waals surface area (Å²) >= 11 is 0. The molecule has 0 radical (unpaired) electrons. The minimum Gasteiger partial charge on any atom is -0.344 e. The van der Waals surface area contributed by atoms with Gasteiger partial charge >= 0.3 is 6.18 Å². The molecule has 0 spiro atoms. The zero-order valence-electron chi connectivity index (χ0n) is 13.8. The maximum atomic E-state index is 12.8. The average Bonchev–Trinajstić information content (AvgIpc) is 3.24. The smallest absolute Gasteiger partial charge is 0.344 e. The normalized spacial score (nSPS) is 16.2. The topological polar surface area (TPSA) is 85.8 Å². The molecule has 2 aromatic rings. The zero-order chi connectivity index (χ0) is 18.1. The van der Waals surface area contributed by atoms with Crippen LogP contribution in [0.4, 0.5) is 13.2 Å². The van der Waals surface area contributed by atoms with Crippen LogP contribution in [0.2, 0.25) is 0 Å². The molecular weight excluding hydrogens is 371 g/mol. The molecule has 3 N–H and O–H groups in total. The van der Waals surface area contributed by atoms with Crippen molar-refractivity contribution < 1.29 is 18.0 Å². The van der Waals surface area contributed by atoms with Gasteiger partial charge in [0, 0.05) is 6.54 Å². The predicted octanol–water partition coefficient (Wildman–Crippen LogP) is 2.71. The fourth-order valence-corrected chi connectivity index (χ4v) is 3.06. The summed E-state index contributed by atoms with van der Waals surface area (Å²) in [5.41, 5.74) is 4.78. The van der Waals surface area contributed by atoms with Crippen LogP contribution in [-0.2, 0) is 6.18 Å². The van der Waals surface area contributed by atoms with Gasteiger partial charge in [0.2, 0.25) is 0 Å². The quantitative estimate of drug-likeness (QED) is 0.841. The first-order valence-electron chi connectivity index (χ1n) is 7.96. The van der Waals surface area contributed by atoms with Crippen LogP contribution >= 0.6 is 12.4 Å². The van der Waals surface area contributed by atoms with E-state index in [-0.39, 0.29) is 23.8 Å². The Morgan fingerprint density at radius 1 is 1.31 bits per heavy atom. The molecular formula is C16H19ClF3N5O. The Labute approximate surface area is 154 Å². The van der Waals surface area contributed by atoms with Crippen molar-refractivity contribution in [1.29, 1.82) is 0 Å². The van der Waals surface area contributed by atoms with Crippen LogP contribution in [0.5, 0.6) is 0 Å². The van der Waals surface area contributed by atoms with Crippen LogP contribution in [0.15, 0.2) is 30.5 Å². The lowest BCUT2D eigenvalue weighted by molar-refractivity contribution is -0.137. The average molecular weight is 390 g/mol. The van der Waals surface area contributed by atoms with Crippen LogP contribution < -0.4 is 11.1 Å². The van der Waals surface area contributed by atoms with Gasteiger partial charge in [-0.1, -0.05) is 24.1 Å². The number of nitrogens with zero attached hydrogens (tertiary/aromatic N) is 3.